The van der Waals surface area contributed by atoms with E-state index < -0.39 is 16.0 Å². The number of carbonyl (C=O) groups excluding carboxylic acids is 1. The van der Waals surface area contributed by atoms with Gasteiger partial charge in [-0.15, -0.1) is 0 Å². The number of nitrogens with zero attached hydrogens (tertiary/aromatic N) is 1. The van der Waals surface area contributed by atoms with Crippen LogP contribution in [0.5, 0.6) is 0 Å². The Balaban J connectivity index is 1.46. The van der Waals surface area contributed by atoms with E-state index in [1.54, 1.807) is 0 Å². The minimum Gasteiger partial charge on any atom is -0.392 e. The topological polar surface area (TPSA) is 91.3 Å². The smallest absolute Gasteiger partial charge is 0.272 e. The molecular formula is C25H29Cl3N2O5. The van der Waals surface area contributed by atoms with Gasteiger partial charge in [0.25, 0.3) is 9.70 Å². The highest BCUT2D eigenvalue weighted by Crippen LogP contribution is 2.38. The third kappa shape index (κ3) is 7.31. The van der Waals surface area contributed by atoms with Crippen molar-refractivity contribution in [2.75, 3.05) is 19.6 Å². The van der Waals surface area contributed by atoms with Crippen LogP contribution in [0, 0.1) is 0 Å². The molecule has 0 aliphatic carbocycles. The molecule has 0 radical (unpaired) electrons. The zero-order valence-electron chi connectivity index (χ0n) is 19.1. The number of aliphatic hydroxyl groups is 2. The number of carbonyl (C=O) groups is 1. The largest absolute Gasteiger partial charge is 0.392 e. The van der Waals surface area contributed by atoms with Gasteiger partial charge in [-0.25, -0.2) is 0 Å². The van der Waals surface area contributed by atoms with Gasteiger partial charge in [0.05, 0.1) is 24.9 Å². The van der Waals surface area contributed by atoms with E-state index in [0.29, 0.717) is 19.5 Å². The highest BCUT2D eigenvalue weighted by Gasteiger charge is 2.34. The number of rotatable bonds is 7. The molecule has 7 nitrogen and oxygen atoms in total. The van der Waals surface area contributed by atoms with Gasteiger partial charge >= 0.3 is 0 Å². The van der Waals surface area contributed by atoms with Gasteiger partial charge in [-0.1, -0.05) is 83.3 Å². The van der Waals surface area contributed by atoms with Crippen molar-refractivity contribution in [1.29, 1.82) is 0 Å². The molecule has 2 aliphatic heterocycles. The summed E-state index contributed by atoms with van der Waals surface area (Å²) in [7, 11) is 0. The zero-order chi connectivity index (χ0) is 25.0. The number of likely N-dealkylation sites (tertiary alicyclic amines) is 1. The lowest BCUT2D eigenvalue weighted by Gasteiger charge is -2.37. The molecule has 1 amide bonds. The molecule has 2 saturated heterocycles. The molecule has 0 bridgehead atoms. The maximum absolute atomic E-state index is 11.8. The summed E-state index contributed by atoms with van der Waals surface area (Å²) in [5.41, 5.74) is 3.56. The Kier molecular flexibility index (Phi) is 8.94. The molecule has 4 rings (SSSR count). The van der Waals surface area contributed by atoms with Crippen LogP contribution in [0.4, 0.5) is 0 Å². The van der Waals surface area contributed by atoms with Crippen LogP contribution in [0.25, 0.3) is 0 Å². The van der Waals surface area contributed by atoms with Gasteiger partial charge in [0.15, 0.2) is 6.29 Å². The molecular weight excluding hydrogens is 515 g/mol. The lowest BCUT2D eigenvalue weighted by Crippen LogP contribution is -2.38. The monoisotopic (exact) mass is 542 g/mol. The van der Waals surface area contributed by atoms with Crippen LogP contribution >= 0.6 is 34.8 Å². The molecule has 4 atom stereocenters. The Morgan fingerprint density at radius 2 is 1.69 bits per heavy atom. The highest BCUT2D eigenvalue weighted by atomic mass is 35.6. The Labute approximate surface area is 219 Å². The summed E-state index contributed by atoms with van der Waals surface area (Å²) in [6.07, 6.45) is 0.334. The van der Waals surface area contributed by atoms with Crippen molar-refractivity contribution in [1.82, 2.24) is 10.2 Å². The molecule has 3 N–H and O–H groups in total. The first-order valence-corrected chi connectivity index (χ1v) is 12.7. The van der Waals surface area contributed by atoms with Gasteiger partial charge in [-0.05, 0) is 23.1 Å². The van der Waals surface area contributed by atoms with Gasteiger partial charge in [0.2, 0.25) is 0 Å². The van der Waals surface area contributed by atoms with E-state index in [2.05, 4.69) is 10.2 Å². The van der Waals surface area contributed by atoms with Crippen LogP contribution in [0.2, 0.25) is 0 Å². The second-order valence-electron chi connectivity index (χ2n) is 8.97. The number of β-amino-alcohol motifs (C(OH)–C–C–N with tert-alkyl or cyclic N) is 1. The van der Waals surface area contributed by atoms with Crippen molar-refractivity contribution in [3.8, 4) is 0 Å². The van der Waals surface area contributed by atoms with E-state index in [9.17, 15) is 15.0 Å². The van der Waals surface area contributed by atoms with Gasteiger partial charge in [0, 0.05) is 38.2 Å². The minimum absolute atomic E-state index is 0.00802. The predicted octanol–water partition coefficient (Wildman–Crippen LogP) is 3.78. The fourth-order valence-corrected chi connectivity index (χ4v) is 4.57. The number of benzene rings is 2. The maximum Gasteiger partial charge on any atom is 0.272 e. The fourth-order valence-electron chi connectivity index (χ4n) is 4.37. The Morgan fingerprint density at radius 1 is 1.03 bits per heavy atom. The molecule has 190 valence electrons. The van der Waals surface area contributed by atoms with Crippen molar-refractivity contribution in [3.05, 3.63) is 70.8 Å². The molecule has 35 heavy (non-hydrogen) atoms. The lowest BCUT2D eigenvalue weighted by molar-refractivity contribution is -0.252. The molecule has 0 spiro atoms. The number of nitrogens with one attached hydrogen (secondary N) is 1. The van der Waals surface area contributed by atoms with Crippen molar-refractivity contribution in [2.45, 2.75) is 54.4 Å². The number of ether oxygens (including phenoxy) is 2. The van der Waals surface area contributed by atoms with E-state index >= 15 is 0 Å². The Hall–Kier alpha value is -1.42. The van der Waals surface area contributed by atoms with E-state index in [1.807, 2.05) is 48.5 Å². The molecule has 4 unspecified atom stereocenters. The standard InChI is InChI=1S/C25H29Cl3N2O5/c26-25(27,28)24(33)29-12-16-1-7-19(8-2-16)23-34-21(14-30-10-9-20(32)13-30)11-22(35-23)18-5-3-17(15-31)4-6-18/h1-8,20-23,31-32H,9-15H2,(H,29,33). The molecule has 2 heterocycles. The molecule has 2 aliphatic rings. The molecule has 2 aromatic rings. The zero-order valence-corrected chi connectivity index (χ0v) is 21.3. The van der Waals surface area contributed by atoms with E-state index in [1.165, 1.54) is 0 Å². The summed E-state index contributed by atoms with van der Waals surface area (Å²) in [6.45, 7) is 2.42. The van der Waals surface area contributed by atoms with Crippen LogP contribution in [0.15, 0.2) is 48.5 Å². The van der Waals surface area contributed by atoms with Gasteiger partial charge in [0.1, 0.15) is 0 Å². The number of hydrogen-bond donors (Lipinski definition) is 3. The SMILES string of the molecule is O=C(NCc1ccc(C2OC(CN3CCC(O)C3)CC(c3ccc(CO)cc3)O2)cc1)C(Cl)(Cl)Cl. The molecule has 2 aromatic carbocycles. The number of alkyl halides is 3. The maximum atomic E-state index is 11.8. The van der Waals surface area contributed by atoms with Crippen LogP contribution in [0.3, 0.4) is 0 Å². The molecule has 0 aromatic heterocycles. The van der Waals surface area contributed by atoms with E-state index in [-0.39, 0.29) is 31.5 Å². The Morgan fingerprint density at radius 3 is 2.29 bits per heavy atom. The van der Waals surface area contributed by atoms with Crippen LogP contribution in [-0.4, -0.2) is 56.7 Å². The average molecular weight is 544 g/mol. The lowest BCUT2D eigenvalue weighted by atomic mass is 9.99. The van der Waals surface area contributed by atoms with Gasteiger partial charge in [-0.3, -0.25) is 9.69 Å². The molecule has 10 heteroatoms. The third-order valence-corrected chi connectivity index (χ3v) is 6.80. The normalized spacial score (nSPS) is 25.5. The second-order valence-corrected chi connectivity index (χ2v) is 11.3. The number of aliphatic hydroxyl groups excluding tert-OH is 2. The second kappa shape index (κ2) is 11.8. The van der Waals surface area contributed by atoms with Crippen molar-refractivity contribution in [2.24, 2.45) is 0 Å². The summed E-state index contributed by atoms with van der Waals surface area (Å²) in [6, 6.07) is 15.3. The first kappa shape index (κ1) is 26.6. The van der Waals surface area contributed by atoms with Gasteiger partial charge in [-0.2, -0.15) is 0 Å². The fraction of sp³-hybridized carbons (Fsp3) is 0.480. The van der Waals surface area contributed by atoms with E-state index in [0.717, 1.165) is 35.2 Å². The third-order valence-electron chi connectivity index (χ3n) is 6.29. The quantitative estimate of drug-likeness (QED) is 0.461. The van der Waals surface area contributed by atoms with Crippen LogP contribution in [-0.2, 0) is 27.4 Å². The first-order chi connectivity index (χ1) is 16.7. The van der Waals surface area contributed by atoms with Crippen LogP contribution < -0.4 is 5.32 Å². The summed E-state index contributed by atoms with van der Waals surface area (Å²) in [5, 5.41) is 21.9. The predicted molar refractivity (Wildman–Crippen MR) is 134 cm³/mol. The Bertz CT molecular complexity index is 984. The number of hydrogen-bond acceptors (Lipinski definition) is 6. The van der Waals surface area contributed by atoms with Gasteiger partial charge < -0.3 is 25.0 Å². The molecule has 0 saturated carbocycles. The van der Waals surface area contributed by atoms with Crippen LogP contribution in [0.1, 0.15) is 47.5 Å². The average Bonchev–Trinajstić information content (AvgIpc) is 3.26. The summed E-state index contributed by atoms with van der Waals surface area (Å²) in [4.78, 5) is 14.0. The summed E-state index contributed by atoms with van der Waals surface area (Å²) >= 11 is 16.8. The number of halogens is 3. The highest BCUT2D eigenvalue weighted by molar-refractivity contribution is 6.76. The summed E-state index contributed by atoms with van der Waals surface area (Å²) in [5.74, 6) is -0.685. The summed E-state index contributed by atoms with van der Waals surface area (Å²) < 4.78 is 10.7. The number of amides is 1. The van der Waals surface area contributed by atoms with Crippen molar-refractivity contribution < 1.29 is 24.5 Å². The first-order valence-electron chi connectivity index (χ1n) is 11.6. The minimum atomic E-state index is -2.01. The van der Waals surface area contributed by atoms with E-state index in [4.69, 9.17) is 44.3 Å². The van der Waals surface area contributed by atoms with Crippen molar-refractivity contribution in [3.63, 3.8) is 0 Å². The van der Waals surface area contributed by atoms with Crippen molar-refractivity contribution >= 4 is 40.7 Å². The molecule has 2 fully saturated rings.